The summed E-state index contributed by atoms with van der Waals surface area (Å²) in [6.45, 7) is 1.82. The second kappa shape index (κ2) is 33.2. The second-order valence-electron chi connectivity index (χ2n) is 22.3. The van der Waals surface area contributed by atoms with E-state index in [4.69, 9.17) is 15.2 Å². The Balaban J connectivity index is 0.0000134. The number of unbranched alkanes of at least 4 members (excludes halogenated alkanes) is 3. The van der Waals surface area contributed by atoms with Gasteiger partial charge < -0.3 is 96.6 Å². The maximum atomic E-state index is 14.7. The molecule has 35 heteroatoms. The first-order valence-electron chi connectivity index (χ1n) is 28.9. The number of rotatable bonds is 21. The summed E-state index contributed by atoms with van der Waals surface area (Å²) in [5.74, 6) is -12.4. The molecule has 0 unspecified atom stereocenters. The van der Waals surface area contributed by atoms with Crippen molar-refractivity contribution in [1.29, 1.82) is 0 Å². The number of hydrogen-bond acceptors (Lipinski definition) is 24. The van der Waals surface area contributed by atoms with Crippen LogP contribution in [-0.2, 0) is 48.7 Å². The molecule has 1 radical (unpaired) electrons. The molecule has 3 aromatic carbocycles. The van der Waals surface area contributed by atoms with Crippen molar-refractivity contribution in [3.05, 3.63) is 77.9 Å². The van der Waals surface area contributed by atoms with Crippen molar-refractivity contribution in [2.24, 2.45) is 11.7 Å². The standard InChI is InChI=1S/C57H74N10O22S2.Na/c1-27-25-67-45(46(27)74)53(81)59-24-33(69)21-36(60-49(77)29-8-10-30(11-9-29)54-64-65-55(90-54)31-12-15-35(16-13-31)88-19-7-5-4-6-18-87-3)50(78)61-42(28(2)68)56(82)66-26-34(70)22-37(66)51(79)63-44(52(80)62-43(57(67)83)39(72)23-41(58)73)48(76)47(75)32-14-17-38(71)40(20-32)89-91(84,85)86;/h8-17,20,27-28,33-34,36-37,39,42-48,68-72,74-76H,4-7,18-19,21-26H2,1-3H3,(H2,58,73)(H,59,81)(H,60,77)(H,61,78)(H,62,80)(H,63,79)(H,84,85,86);/t27-,28-,33+,34+,36-,37-,39+,42-,43-,44-,45-,46-,47-,48-;/m0./s1. The maximum Gasteiger partial charge on any atom is 0.446 e. The Hall–Kier alpha value is -7.03. The van der Waals surface area contributed by atoms with E-state index in [0.717, 1.165) is 56.9 Å². The van der Waals surface area contributed by atoms with Gasteiger partial charge in [0.15, 0.2) is 11.5 Å². The van der Waals surface area contributed by atoms with Gasteiger partial charge in [0, 0.05) is 98.4 Å². The van der Waals surface area contributed by atoms with Crippen molar-refractivity contribution in [3.63, 3.8) is 0 Å². The molecule has 4 aromatic rings. The normalized spacial score (nSPS) is 25.0. The first kappa shape index (κ1) is 74.0. The summed E-state index contributed by atoms with van der Waals surface area (Å²) in [5, 5.41) is 111. The van der Waals surface area contributed by atoms with Gasteiger partial charge in [-0.3, -0.25) is 42.9 Å². The van der Waals surface area contributed by atoms with Crippen LogP contribution >= 0.6 is 11.3 Å². The number of benzene rings is 3. The van der Waals surface area contributed by atoms with E-state index in [-0.39, 0.29) is 35.1 Å². The Morgan fingerprint density at radius 2 is 1.36 bits per heavy atom. The van der Waals surface area contributed by atoms with Gasteiger partial charge in [-0.05, 0) is 80.3 Å². The zero-order valence-corrected chi connectivity index (χ0v) is 54.1. The zero-order chi connectivity index (χ0) is 66.6. The van der Waals surface area contributed by atoms with E-state index in [1.807, 2.05) is 24.3 Å². The number of aromatic nitrogens is 2. The second-order valence-corrected chi connectivity index (χ2v) is 24.3. The number of nitrogens with two attached hydrogens (primary N) is 1. The molecule has 16 N–H and O–H groups in total. The average Bonchev–Trinajstić information content (AvgIpc) is 1.59. The van der Waals surface area contributed by atoms with E-state index in [0.29, 0.717) is 43.8 Å². The Bertz CT molecular complexity index is 3370. The fourth-order valence-electron chi connectivity index (χ4n) is 10.5. The topological polar surface area (TPSA) is 499 Å². The molecule has 0 aliphatic carbocycles. The minimum atomic E-state index is -5.34. The van der Waals surface area contributed by atoms with Crippen LogP contribution in [0.4, 0.5) is 0 Å². The monoisotopic (exact) mass is 1340 g/mol. The van der Waals surface area contributed by atoms with Crippen LogP contribution in [-0.4, -0.2) is 263 Å². The number of hydrogen-bond donors (Lipinski definition) is 15. The van der Waals surface area contributed by atoms with Crippen LogP contribution in [0.1, 0.15) is 80.8 Å². The number of ether oxygens (including phenoxy) is 2. The van der Waals surface area contributed by atoms with Crippen molar-refractivity contribution in [3.8, 4) is 38.4 Å². The molecule has 92 heavy (non-hydrogen) atoms. The molecular weight excluding hydrogens is 1260 g/mol. The van der Waals surface area contributed by atoms with Gasteiger partial charge in [-0.25, -0.2) is 0 Å². The summed E-state index contributed by atoms with van der Waals surface area (Å²) in [6.07, 6.45) is -12.8. The van der Waals surface area contributed by atoms with E-state index in [1.165, 1.54) is 30.4 Å². The number of fused-ring (bicyclic) bond motifs is 2. The number of aromatic hydroxyl groups is 1. The van der Waals surface area contributed by atoms with Crippen LogP contribution in [0.2, 0.25) is 0 Å². The summed E-state index contributed by atoms with van der Waals surface area (Å²) in [5.41, 5.74) is 6.08. The van der Waals surface area contributed by atoms with Crippen LogP contribution in [0.15, 0.2) is 66.7 Å². The number of phenolic OH excluding ortho intramolecular Hbond substituents is 1. The van der Waals surface area contributed by atoms with Gasteiger partial charge in [-0.2, -0.15) is 8.42 Å². The molecule has 3 aliphatic rings. The molecule has 3 saturated heterocycles. The number of phenols is 1. The van der Waals surface area contributed by atoms with Crippen LogP contribution in [0.5, 0.6) is 17.2 Å². The number of amides is 8. The number of carbonyl (C=O) groups excluding carboxylic acids is 8. The molecule has 7 rings (SSSR count). The summed E-state index contributed by atoms with van der Waals surface area (Å²) in [7, 11) is -3.67. The molecule has 497 valence electrons. The van der Waals surface area contributed by atoms with Gasteiger partial charge in [-0.1, -0.05) is 42.9 Å². The van der Waals surface area contributed by atoms with Gasteiger partial charge in [0.25, 0.3) is 5.91 Å². The zero-order valence-electron chi connectivity index (χ0n) is 50.4. The largest absolute Gasteiger partial charge is 0.504 e. The molecule has 3 aliphatic heterocycles. The number of carbonyl (C=O) groups is 8. The van der Waals surface area contributed by atoms with Gasteiger partial charge in [0.1, 0.15) is 64.2 Å². The fourth-order valence-corrected chi connectivity index (χ4v) is 11.7. The third kappa shape index (κ3) is 19.3. The maximum absolute atomic E-state index is 14.7. The first-order valence-corrected chi connectivity index (χ1v) is 31.0. The number of aliphatic hydroxyl groups excluding tert-OH is 7. The van der Waals surface area contributed by atoms with Crippen molar-refractivity contribution < 1.29 is 106 Å². The smallest absolute Gasteiger partial charge is 0.446 e. The molecule has 0 saturated carbocycles. The van der Waals surface area contributed by atoms with Crippen LogP contribution < -0.4 is 41.2 Å². The first-order chi connectivity index (χ1) is 43.0. The Morgan fingerprint density at radius 3 is 1.97 bits per heavy atom. The quantitative estimate of drug-likeness (QED) is 0.0217. The van der Waals surface area contributed by atoms with Crippen molar-refractivity contribution in [2.75, 3.05) is 40.0 Å². The third-order valence-electron chi connectivity index (χ3n) is 15.4. The SMILES string of the molecule is COCCCCCCOc1ccc(-c2nnc(-c3ccc(C(=O)N[C@H]4C[C@@H](O)CNC(=O)[C@@H]5[C@@H](O)[C@@H](C)CN5C(=O)[C@H]([C@H](O)CC(N)=O)NC(=O)[C@H]([C@H](O)[C@@H](O)c5ccc(O)c(OS(=O)(=O)O)c5)NC(=O)[C@@H]5C[C@@H](O)CN5C(=O)[C@H]([C@H](C)O)NC4=O)cc3)s2)cc1.[Na]. The number of aliphatic hydroxyl groups is 7. The molecular formula is C57H74N10NaO22S2. The van der Waals surface area contributed by atoms with Crippen LogP contribution in [0.3, 0.4) is 0 Å². The number of methoxy groups -OCH3 is 1. The van der Waals surface area contributed by atoms with Gasteiger partial charge >= 0.3 is 10.4 Å². The van der Waals surface area contributed by atoms with E-state index in [2.05, 4.69) is 41.0 Å². The summed E-state index contributed by atoms with van der Waals surface area (Å²) in [4.78, 5) is 115. The van der Waals surface area contributed by atoms with Gasteiger partial charge in [0.2, 0.25) is 41.4 Å². The van der Waals surface area contributed by atoms with Crippen molar-refractivity contribution in [2.45, 2.75) is 138 Å². The summed E-state index contributed by atoms with van der Waals surface area (Å²) in [6, 6.07) is 2.94. The minimum Gasteiger partial charge on any atom is -0.504 e. The Morgan fingerprint density at radius 1 is 0.761 bits per heavy atom. The minimum absolute atomic E-state index is 0. The van der Waals surface area contributed by atoms with E-state index < -0.39 is 199 Å². The number of primary amides is 1. The molecule has 3 fully saturated rings. The van der Waals surface area contributed by atoms with Crippen molar-refractivity contribution >= 4 is 98.6 Å². The Labute approximate surface area is 553 Å². The van der Waals surface area contributed by atoms with Crippen LogP contribution in [0, 0.1) is 5.92 Å². The molecule has 8 amide bonds. The third-order valence-corrected chi connectivity index (χ3v) is 16.8. The molecule has 32 nitrogen and oxygen atoms in total. The Kier molecular flexibility index (Phi) is 26.7. The number of nitrogens with zero attached hydrogens (tertiary/aromatic N) is 4. The van der Waals surface area contributed by atoms with Crippen LogP contribution in [0.25, 0.3) is 21.1 Å². The van der Waals surface area contributed by atoms with E-state index in [9.17, 15) is 92.2 Å². The predicted molar refractivity (Wildman–Crippen MR) is 323 cm³/mol. The average molecular weight is 1340 g/mol. The molecule has 4 heterocycles. The molecule has 1 aromatic heterocycles. The molecule has 0 spiro atoms. The van der Waals surface area contributed by atoms with Crippen molar-refractivity contribution in [1.82, 2.24) is 46.6 Å². The summed E-state index contributed by atoms with van der Waals surface area (Å²) >= 11 is 1.26. The molecule has 14 atom stereocenters. The van der Waals surface area contributed by atoms with E-state index in [1.54, 1.807) is 19.2 Å². The van der Waals surface area contributed by atoms with Gasteiger partial charge in [0.05, 0.1) is 43.5 Å². The fraction of sp³-hybridized carbons (Fsp3) is 0.509. The van der Waals surface area contributed by atoms with Gasteiger partial charge in [-0.15, -0.1) is 10.2 Å². The number of β-amino-alcohol motifs (C(OH)–C–C–N with tert-alkyl or cyclic N) is 1. The number of nitrogens with one attached hydrogen (secondary N) is 5. The molecule has 0 bridgehead atoms. The predicted octanol–water partition coefficient (Wildman–Crippen LogP) is -3.72. The summed E-state index contributed by atoms with van der Waals surface area (Å²) < 4.78 is 47.7. The van der Waals surface area contributed by atoms with E-state index >= 15 is 0 Å².